The highest BCUT2D eigenvalue weighted by molar-refractivity contribution is 5.97. The zero-order valence-corrected chi connectivity index (χ0v) is 19.8. The third-order valence-corrected chi connectivity index (χ3v) is 7.04. The molecule has 0 spiro atoms. The molecule has 4 heterocycles. The third kappa shape index (κ3) is 4.45. The van der Waals surface area contributed by atoms with Crippen molar-refractivity contribution in [1.29, 1.82) is 0 Å². The largest absolute Gasteiger partial charge is 0.415 e. The lowest BCUT2D eigenvalue weighted by molar-refractivity contribution is -0.147. The standard InChI is InChI=1S/C26H24F2N6O3/c27-22(28)24-31-30-23(37-24)17-9-10-32-14-19(29-21(32)11-17)15-34(20-7-2-1-3-8-20)26(36)18-12-33(13-18)25(35)16-5-4-6-16/h1-3,7-11,14,16,18,22H,4-6,12-13,15H2. The number of hydrogen-bond donors (Lipinski definition) is 0. The van der Waals surface area contributed by atoms with Crippen molar-refractivity contribution in [3.05, 3.63) is 66.4 Å². The van der Waals surface area contributed by atoms with E-state index in [0.29, 0.717) is 30.0 Å². The SMILES string of the molecule is O=C(C1CCC1)N1CC(C(=O)N(Cc2cn3ccc(-c4nnc(C(F)F)o4)cc3n2)c2ccccc2)C1. The van der Waals surface area contributed by atoms with Gasteiger partial charge in [-0.15, -0.1) is 10.2 Å². The predicted molar refractivity (Wildman–Crippen MR) is 128 cm³/mol. The Balaban J connectivity index is 1.21. The monoisotopic (exact) mass is 506 g/mol. The van der Waals surface area contributed by atoms with Crippen molar-refractivity contribution in [2.75, 3.05) is 18.0 Å². The first-order valence-corrected chi connectivity index (χ1v) is 12.2. The van der Waals surface area contributed by atoms with E-state index in [0.717, 1.165) is 24.9 Å². The molecule has 1 saturated carbocycles. The maximum Gasteiger partial charge on any atom is 0.314 e. The molecule has 2 aliphatic rings. The van der Waals surface area contributed by atoms with E-state index in [-0.39, 0.29) is 36.1 Å². The molecule has 1 aromatic carbocycles. The quantitative estimate of drug-likeness (QED) is 0.374. The van der Waals surface area contributed by atoms with Crippen molar-refractivity contribution >= 4 is 23.1 Å². The Bertz CT molecular complexity index is 1440. The molecule has 0 N–H and O–H groups in total. The summed E-state index contributed by atoms with van der Waals surface area (Å²) in [6.07, 6.45) is 3.68. The summed E-state index contributed by atoms with van der Waals surface area (Å²) < 4.78 is 32.5. The van der Waals surface area contributed by atoms with Crippen molar-refractivity contribution in [2.45, 2.75) is 32.2 Å². The van der Waals surface area contributed by atoms with Crippen molar-refractivity contribution < 1.29 is 22.8 Å². The van der Waals surface area contributed by atoms with E-state index in [9.17, 15) is 18.4 Å². The van der Waals surface area contributed by atoms with E-state index in [4.69, 9.17) is 4.42 Å². The lowest BCUT2D eigenvalue weighted by Gasteiger charge is -2.43. The van der Waals surface area contributed by atoms with Gasteiger partial charge in [0.2, 0.25) is 17.7 Å². The van der Waals surface area contributed by atoms with Gasteiger partial charge in [0.25, 0.3) is 5.89 Å². The molecule has 2 fully saturated rings. The van der Waals surface area contributed by atoms with Crippen LogP contribution in [0.3, 0.4) is 0 Å². The molecule has 0 unspecified atom stereocenters. The average Bonchev–Trinajstić information content (AvgIpc) is 3.47. The summed E-state index contributed by atoms with van der Waals surface area (Å²) in [5.74, 6) is -0.770. The number of fused-ring (bicyclic) bond motifs is 1. The molecule has 37 heavy (non-hydrogen) atoms. The van der Waals surface area contributed by atoms with Gasteiger partial charge in [0.15, 0.2) is 0 Å². The van der Waals surface area contributed by atoms with Gasteiger partial charge in [-0.25, -0.2) is 4.98 Å². The maximum absolute atomic E-state index is 13.5. The number of halogens is 2. The summed E-state index contributed by atoms with van der Waals surface area (Å²) in [5.41, 5.74) is 2.41. The number of carbonyl (C=O) groups is 2. The van der Waals surface area contributed by atoms with Gasteiger partial charge in [0.1, 0.15) is 5.65 Å². The van der Waals surface area contributed by atoms with Crippen LogP contribution in [0.2, 0.25) is 0 Å². The molecule has 0 radical (unpaired) electrons. The van der Waals surface area contributed by atoms with Crippen LogP contribution in [0.15, 0.2) is 59.3 Å². The molecule has 1 aliphatic heterocycles. The molecule has 6 rings (SSSR count). The van der Waals surface area contributed by atoms with Crippen LogP contribution >= 0.6 is 0 Å². The molecule has 1 aliphatic carbocycles. The second-order valence-corrected chi connectivity index (χ2v) is 9.49. The molecule has 1 saturated heterocycles. The van der Waals surface area contributed by atoms with Gasteiger partial charge in [-0.2, -0.15) is 8.78 Å². The van der Waals surface area contributed by atoms with E-state index in [1.54, 1.807) is 32.5 Å². The minimum absolute atomic E-state index is 0.0191. The number of hydrogen-bond acceptors (Lipinski definition) is 6. The number of likely N-dealkylation sites (tertiary alicyclic amines) is 1. The van der Waals surface area contributed by atoms with E-state index in [1.807, 2.05) is 36.5 Å². The fourth-order valence-corrected chi connectivity index (χ4v) is 4.70. The van der Waals surface area contributed by atoms with Gasteiger partial charge in [-0.05, 0) is 37.1 Å². The molecular weight excluding hydrogens is 482 g/mol. The highest BCUT2D eigenvalue weighted by atomic mass is 19.3. The normalized spacial score (nSPS) is 16.1. The van der Waals surface area contributed by atoms with Gasteiger partial charge < -0.3 is 18.6 Å². The number of carbonyl (C=O) groups excluding carboxylic acids is 2. The molecule has 4 aromatic rings. The van der Waals surface area contributed by atoms with Crippen molar-refractivity contribution in [2.24, 2.45) is 11.8 Å². The second-order valence-electron chi connectivity index (χ2n) is 9.49. The Morgan fingerprint density at radius 1 is 1.08 bits per heavy atom. The van der Waals surface area contributed by atoms with Gasteiger partial charge in [-0.1, -0.05) is 24.6 Å². The van der Waals surface area contributed by atoms with Crippen LogP contribution in [-0.4, -0.2) is 49.4 Å². The summed E-state index contributed by atoms with van der Waals surface area (Å²) in [4.78, 5) is 34.2. The van der Waals surface area contributed by atoms with Crippen LogP contribution < -0.4 is 4.90 Å². The predicted octanol–water partition coefficient (Wildman–Crippen LogP) is 4.11. The van der Waals surface area contributed by atoms with E-state index in [2.05, 4.69) is 15.2 Å². The molecule has 0 bridgehead atoms. The van der Waals surface area contributed by atoms with E-state index < -0.39 is 12.3 Å². The lowest BCUT2D eigenvalue weighted by Crippen LogP contribution is -2.58. The minimum Gasteiger partial charge on any atom is -0.415 e. The maximum atomic E-state index is 13.5. The Labute approximate surface area is 210 Å². The number of nitrogens with zero attached hydrogens (tertiary/aromatic N) is 6. The third-order valence-electron chi connectivity index (χ3n) is 7.04. The van der Waals surface area contributed by atoms with Gasteiger partial charge in [0, 0.05) is 42.7 Å². The molecule has 190 valence electrons. The smallest absolute Gasteiger partial charge is 0.314 e. The zero-order chi connectivity index (χ0) is 25.5. The van der Waals surface area contributed by atoms with Crippen LogP contribution in [-0.2, 0) is 16.1 Å². The summed E-state index contributed by atoms with van der Waals surface area (Å²) in [5, 5.41) is 7.06. The second kappa shape index (κ2) is 9.38. The molecule has 0 atom stereocenters. The summed E-state index contributed by atoms with van der Waals surface area (Å²) in [6, 6.07) is 12.7. The molecule has 2 amide bonds. The van der Waals surface area contributed by atoms with Crippen LogP contribution in [0.5, 0.6) is 0 Å². The highest BCUT2D eigenvalue weighted by Gasteiger charge is 2.41. The zero-order valence-electron chi connectivity index (χ0n) is 19.8. The first-order valence-electron chi connectivity index (χ1n) is 12.2. The fourth-order valence-electron chi connectivity index (χ4n) is 4.70. The molecular formula is C26H24F2N6O3. The number of alkyl halides is 2. The van der Waals surface area contributed by atoms with E-state index >= 15 is 0 Å². The van der Waals surface area contributed by atoms with E-state index in [1.165, 1.54) is 0 Å². The number of amides is 2. The highest BCUT2D eigenvalue weighted by Crippen LogP contribution is 2.32. The summed E-state index contributed by atoms with van der Waals surface area (Å²) in [6.45, 7) is 1.12. The van der Waals surface area contributed by atoms with Gasteiger partial charge in [-0.3, -0.25) is 9.59 Å². The number of anilines is 1. The topological polar surface area (TPSA) is 96.8 Å². The van der Waals surface area contributed by atoms with Crippen molar-refractivity contribution in [1.82, 2.24) is 24.5 Å². The van der Waals surface area contributed by atoms with Crippen molar-refractivity contribution in [3.63, 3.8) is 0 Å². The van der Waals surface area contributed by atoms with Gasteiger partial charge in [0.05, 0.1) is 18.2 Å². The summed E-state index contributed by atoms with van der Waals surface area (Å²) >= 11 is 0. The number of imidazole rings is 1. The molecule has 3 aromatic heterocycles. The van der Waals surface area contributed by atoms with Gasteiger partial charge >= 0.3 is 6.43 Å². The Kier molecular flexibility index (Phi) is 5.90. The van der Waals surface area contributed by atoms with Crippen LogP contribution in [0.1, 0.15) is 37.3 Å². The number of pyridine rings is 1. The average molecular weight is 507 g/mol. The van der Waals surface area contributed by atoms with Crippen LogP contribution in [0.25, 0.3) is 17.1 Å². The molecule has 11 heteroatoms. The minimum atomic E-state index is -2.84. The lowest BCUT2D eigenvalue weighted by atomic mass is 9.83. The fraction of sp³-hybridized carbons (Fsp3) is 0.346. The number of rotatable bonds is 7. The molecule has 9 nitrogen and oxygen atoms in total. The first-order chi connectivity index (χ1) is 18.0. The Morgan fingerprint density at radius 3 is 2.54 bits per heavy atom. The number of benzene rings is 1. The van der Waals surface area contributed by atoms with Crippen LogP contribution in [0, 0.1) is 11.8 Å². The van der Waals surface area contributed by atoms with Crippen molar-refractivity contribution in [3.8, 4) is 11.5 Å². The summed E-state index contributed by atoms with van der Waals surface area (Å²) in [7, 11) is 0. The Hall–Kier alpha value is -4.15. The first kappa shape index (κ1) is 23.3. The Morgan fingerprint density at radius 2 is 1.86 bits per heavy atom. The number of para-hydroxylation sites is 1. The number of aromatic nitrogens is 4. The van der Waals surface area contributed by atoms with Crippen LogP contribution in [0.4, 0.5) is 14.5 Å².